The van der Waals surface area contributed by atoms with Crippen LogP contribution in [0.3, 0.4) is 0 Å². The number of nitrogens with one attached hydrogen (secondary N) is 1. The van der Waals surface area contributed by atoms with Crippen LogP contribution in [0.25, 0.3) is 0 Å². The molecule has 1 spiro atoms. The molecule has 4 atom stereocenters. The maximum absolute atomic E-state index is 9.34. The van der Waals surface area contributed by atoms with Gasteiger partial charge in [-0.3, -0.25) is 0 Å². The molecule has 4 unspecified atom stereocenters. The highest BCUT2D eigenvalue weighted by Gasteiger charge is 2.64. The normalized spacial score (nSPS) is 40.2. The second-order valence-electron chi connectivity index (χ2n) is 6.25. The van der Waals surface area contributed by atoms with Gasteiger partial charge in [-0.1, -0.05) is 12.8 Å². The van der Waals surface area contributed by atoms with Crippen LogP contribution in [0.1, 0.15) is 45.4 Å². The SMILES string of the molecule is CC(O)CCNC1C2CCOC2C12CCCC2. The standard InChI is InChI=1S/C14H25NO2/c1-10(16)4-8-15-12-11-5-9-17-13(11)14(12)6-2-3-7-14/h10-13,15-16H,2-9H2,1H3. The molecule has 17 heavy (non-hydrogen) atoms. The van der Waals surface area contributed by atoms with Gasteiger partial charge in [-0.05, 0) is 39.2 Å². The summed E-state index contributed by atoms with van der Waals surface area (Å²) in [6, 6.07) is 0.663. The predicted molar refractivity (Wildman–Crippen MR) is 66.8 cm³/mol. The van der Waals surface area contributed by atoms with E-state index in [2.05, 4.69) is 5.32 Å². The third-order valence-corrected chi connectivity index (χ3v) is 5.21. The van der Waals surface area contributed by atoms with Crippen LogP contribution < -0.4 is 5.32 Å². The summed E-state index contributed by atoms with van der Waals surface area (Å²) in [5.74, 6) is 0.752. The summed E-state index contributed by atoms with van der Waals surface area (Å²) in [6.45, 7) is 3.79. The molecule has 0 amide bonds. The molecule has 2 N–H and O–H groups in total. The summed E-state index contributed by atoms with van der Waals surface area (Å²) in [6.07, 6.45) is 7.92. The van der Waals surface area contributed by atoms with Crippen molar-refractivity contribution in [2.75, 3.05) is 13.2 Å². The molecule has 2 aliphatic carbocycles. The number of hydrogen-bond acceptors (Lipinski definition) is 3. The van der Waals surface area contributed by atoms with Crippen LogP contribution in [0.15, 0.2) is 0 Å². The number of aliphatic hydroxyl groups excluding tert-OH is 1. The molecule has 0 aromatic rings. The fourth-order valence-electron chi connectivity index (χ4n) is 4.46. The van der Waals surface area contributed by atoms with Crippen molar-refractivity contribution < 1.29 is 9.84 Å². The van der Waals surface area contributed by atoms with Crippen molar-refractivity contribution in [3.05, 3.63) is 0 Å². The molecular weight excluding hydrogens is 214 g/mol. The first-order chi connectivity index (χ1) is 8.24. The summed E-state index contributed by atoms with van der Waals surface area (Å²) in [7, 11) is 0. The Morgan fingerprint density at radius 3 is 2.88 bits per heavy atom. The van der Waals surface area contributed by atoms with Gasteiger partial charge in [0.15, 0.2) is 0 Å². The number of aliphatic hydroxyl groups is 1. The van der Waals surface area contributed by atoms with Gasteiger partial charge in [-0.15, -0.1) is 0 Å². The minimum absolute atomic E-state index is 0.183. The number of rotatable bonds is 4. The topological polar surface area (TPSA) is 41.5 Å². The molecular formula is C14H25NO2. The van der Waals surface area contributed by atoms with E-state index in [9.17, 15) is 5.11 Å². The van der Waals surface area contributed by atoms with Gasteiger partial charge in [0.25, 0.3) is 0 Å². The Morgan fingerprint density at radius 1 is 1.41 bits per heavy atom. The van der Waals surface area contributed by atoms with E-state index >= 15 is 0 Å². The largest absolute Gasteiger partial charge is 0.393 e. The van der Waals surface area contributed by atoms with E-state index in [4.69, 9.17) is 4.74 Å². The van der Waals surface area contributed by atoms with E-state index in [1.54, 1.807) is 0 Å². The molecule has 3 aliphatic rings. The Kier molecular flexibility index (Phi) is 3.18. The molecule has 0 bridgehead atoms. The Hall–Kier alpha value is -0.120. The molecule has 3 nitrogen and oxygen atoms in total. The first-order valence-corrected chi connectivity index (χ1v) is 7.27. The van der Waals surface area contributed by atoms with E-state index in [1.807, 2.05) is 6.92 Å². The minimum Gasteiger partial charge on any atom is -0.393 e. The van der Waals surface area contributed by atoms with Gasteiger partial charge in [0.2, 0.25) is 0 Å². The van der Waals surface area contributed by atoms with Gasteiger partial charge < -0.3 is 15.2 Å². The number of hydrogen-bond donors (Lipinski definition) is 2. The zero-order valence-corrected chi connectivity index (χ0v) is 10.8. The maximum atomic E-state index is 9.34. The van der Waals surface area contributed by atoms with Crippen LogP contribution >= 0.6 is 0 Å². The first kappa shape index (κ1) is 11.9. The summed E-state index contributed by atoms with van der Waals surface area (Å²) in [5.41, 5.74) is 0.458. The molecule has 0 aromatic heterocycles. The molecule has 1 aliphatic heterocycles. The van der Waals surface area contributed by atoms with Crippen LogP contribution in [0.2, 0.25) is 0 Å². The van der Waals surface area contributed by atoms with Gasteiger partial charge in [0, 0.05) is 24.0 Å². The molecule has 1 saturated heterocycles. The molecule has 1 heterocycles. The molecule has 0 aromatic carbocycles. The van der Waals surface area contributed by atoms with Crippen molar-refractivity contribution >= 4 is 0 Å². The molecule has 3 heteroatoms. The molecule has 2 saturated carbocycles. The van der Waals surface area contributed by atoms with E-state index in [0.717, 1.165) is 25.5 Å². The van der Waals surface area contributed by atoms with Crippen molar-refractivity contribution in [1.29, 1.82) is 0 Å². The van der Waals surface area contributed by atoms with Crippen LogP contribution in [-0.4, -0.2) is 36.5 Å². The Bertz CT molecular complexity index is 273. The quantitative estimate of drug-likeness (QED) is 0.784. The van der Waals surface area contributed by atoms with Gasteiger partial charge >= 0.3 is 0 Å². The van der Waals surface area contributed by atoms with Crippen molar-refractivity contribution in [1.82, 2.24) is 5.32 Å². The smallest absolute Gasteiger partial charge is 0.0690 e. The van der Waals surface area contributed by atoms with Crippen LogP contribution in [0.4, 0.5) is 0 Å². The zero-order valence-electron chi connectivity index (χ0n) is 10.8. The highest BCUT2D eigenvalue weighted by atomic mass is 16.5. The van der Waals surface area contributed by atoms with E-state index in [0.29, 0.717) is 17.6 Å². The minimum atomic E-state index is -0.183. The molecule has 3 fully saturated rings. The van der Waals surface area contributed by atoms with Gasteiger partial charge in [0.1, 0.15) is 0 Å². The number of fused-ring (bicyclic) bond motifs is 2. The highest BCUT2D eigenvalue weighted by Crippen LogP contribution is 2.60. The lowest BCUT2D eigenvalue weighted by Gasteiger charge is -2.57. The molecule has 3 rings (SSSR count). The molecule has 98 valence electrons. The average molecular weight is 239 g/mol. The fraction of sp³-hybridized carbons (Fsp3) is 1.00. The molecule has 0 radical (unpaired) electrons. The van der Waals surface area contributed by atoms with Gasteiger partial charge in [-0.2, -0.15) is 0 Å². The van der Waals surface area contributed by atoms with Crippen molar-refractivity contribution in [2.45, 2.75) is 63.7 Å². The van der Waals surface area contributed by atoms with Crippen LogP contribution in [0, 0.1) is 11.3 Å². The maximum Gasteiger partial charge on any atom is 0.0690 e. The highest BCUT2D eigenvalue weighted by molar-refractivity contribution is 5.16. The fourth-order valence-corrected chi connectivity index (χ4v) is 4.46. The van der Waals surface area contributed by atoms with Crippen molar-refractivity contribution in [2.24, 2.45) is 11.3 Å². The third-order valence-electron chi connectivity index (χ3n) is 5.21. The lowest BCUT2D eigenvalue weighted by Crippen LogP contribution is -2.67. The summed E-state index contributed by atoms with van der Waals surface area (Å²) < 4.78 is 5.96. The lowest BCUT2D eigenvalue weighted by atomic mass is 9.54. The Balaban J connectivity index is 1.61. The third kappa shape index (κ3) is 1.83. The van der Waals surface area contributed by atoms with Gasteiger partial charge in [-0.25, -0.2) is 0 Å². The van der Waals surface area contributed by atoms with Crippen molar-refractivity contribution in [3.63, 3.8) is 0 Å². The zero-order chi connectivity index (χ0) is 11.9. The summed E-state index contributed by atoms with van der Waals surface area (Å²) in [4.78, 5) is 0. The van der Waals surface area contributed by atoms with Gasteiger partial charge in [0.05, 0.1) is 12.2 Å². The Labute approximate surface area is 104 Å². The van der Waals surface area contributed by atoms with E-state index < -0.39 is 0 Å². The van der Waals surface area contributed by atoms with Crippen LogP contribution in [0.5, 0.6) is 0 Å². The van der Waals surface area contributed by atoms with E-state index in [-0.39, 0.29) is 6.10 Å². The lowest BCUT2D eigenvalue weighted by molar-refractivity contribution is -0.130. The number of ether oxygens (including phenoxy) is 1. The van der Waals surface area contributed by atoms with Crippen LogP contribution in [-0.2, 0) is 4.74 Å². The second kappa shape index (κ2) is 4.52. The average Bonchev–Trinajstić information content (AvgIpc) is 2.91. The van der Waals surface area contributed by atoms with Crippen molar-refractivity contribution in [3.8, 4) is 0 Å². The Morgan fingerprint density at radius 2 is 2.18 bits per heavy atom. The summed E-state index contributed by atoms with van der Waals surface area (Å²) in [5, 5.41) is 13.1. The summed E-state index contributed by atoms with van der Waals surface area (Å²) >= 11 is 0. The second-order valence-corrected chi connectivity index (χ2v) is 6.25. The first-order valence-electron chi connectivity index (χ1n) is 7.27. The predicted octanol–water partition coefficient (Wildman–Crippen LogP) is 1.69. The van der Waals surface area contributed by atoms with E-state index in [1.165, 1.54) is 32.1 Å². The monoisotopic (exact) mass is 239 g/mol.